The van der Waals surface area contributed by atoms with E-state index in [0.717, 1.165) is 43.5 Å². The lowest BCUT2D eigenvalue weighted by molar-refractivity contribution is 0.0741. The van der Waals surface area contributed by atoms with E-state index in [1.54, 1.807) is 22.9 Å². The number of unbranched alkanes of at least 4 members (excludes halogenated alkanes) is 1. The minimum Gasteiger partial charge on any atom is -0.392 e. The van der Waals surface area contributed by atoms with Crippen LogP contribution in [0.25, 0.3) is 16.9 Å². The van der Waals surface area contributed by atoms with Gasteiger partial charge in [-0.2, -0.15) is 10.4 Å². The van der Waals surface area contributed by atoms with Crippen molar-refractivity contribution in [2.75, 3.05) is 13.1 Å². The molecule has 36 heavy (non-hydrogen) atoms. The fourth-order valence-electron chi connectivity index (χ4n) is 4.10. The van der Waals surface area contributed by atoms with Crippen molar-refractivity contribution in [2.45, 2.75) is 38.7 Å². The lowest BCUT2D eigenvalue weighted by atomic mass is 10.0. The first kappa shape index (κ1) is 25.8. The van der Waals surface area contributed by atoms with E-state index < -0.39 is 0 Å². The molecule has 9 heteroatoms. The zero-order chi connectivity index (χ0) is 25.5. The number of benzene rings is 2. The Bertz CT molecular complexity index is 1340. The number of nitrogens with zero attached hydrogens (tertiary/aromatic N) is 4. The van der Waals surface area contributed by atoms with Crippen LogP contribution < -0.4 is 5.43 Å². The number of hydrogen-bond acceptors (Lipinski definition) is 5. The molecule has 184 valence electrons. The molecular weight excluding hydrogens is 497 g/mol. The van der Waals surface area contributed by atoms with Crippen molar-refractivity contribution in [1.29, 1.82) is 5.26 Å². The number of hydrazine groups is 1. The van der Waals surface area contributed by atoms with Gasteiger partial charge in [-0.3, -0.25) is 10.2 Å². The Morgan fingerprint density at radius 1 is 1.08 bits per heavy atom. The maximum Gasteiger partial charge on any atom is 0.286 e. The van der Waals surface area contributed by atoms with Gasteiger partial charge in [-0.05, 0) is 43.2 Å². The Morgan fingerprint density at radius 3 is 2.50 bits per heavy atom. The van der Waals surface area contributed by atoms with Crippen molar-refractivity contribution in [3.63, 3.8) is 0 Å². The first-order chi connectivity index (χ1) is 17.5. The molecule has 1 fully saturated rings. The first-order valence-electron chi connectivity index (χ1n) is 11.7. The summed E-state index contributed by atoms with van der Waals surface area (Å²) >= 11 is 12.6. The highest BCUT2D eigenvalue weighted by atomic mass is 35.5. The highest BCUT2D eigenvalue weighted by Gasteiger charge is 2.26. The third-order valence-electron chi connectivity index (χ3n) is 5.86. The highest BCUT2D eigenvalue weighted by molar-refractivity contribution is 6.35. The summed E-state index contributed by atoms with van der Waals surface area (Å²) in [6, 6.07) is 14.5. The van der Waals surface area contributed by atoms with Gasteiger partial charge in [0.1, 0.15) is 0 Å². The Labute approximate surface area is 220 Å². The number of rotatable bonds is 6. The quantitative estimate of drug-likeness (QED) is 0.346. The van der Waals surface area contributed by atoms with Crippen LogP contribution in [0, 0.1) is 23.2 Å². The van der Waals surface area contributed by atoms with Gasteiger partial charge in [0.2, 0.25) is 0 Å². The summed E-state index contributed by atoms with van der Waals surface area (Å²) in [4.78, 5) is 13.3. The highest BCUT2D eigenvalue weighted by Crippen LogP contribution is 2.33. The van der Waals surface area contributed by atoms with Crippen LogP contribution in [0.3, 0.4) is 0 Å². The zero-order valence-electron chi connectivity index (χ0n) is 19.6. The molecule has 0 saturated carbocycles. The van der Waals surface area contributed by atoms with Crippen LogP contribution in [0.1, 0.15) is 53.7 Å². The number of aromatic nitrogens is 2. The van der Waals surface area contributed by atoms with E-state index in [-0.39, 0.29) is 18.2 Å². The number of aliphatic hydroxyl groups is 1. The van der Waals surface area contributed by atoms with Crippen molar-refractivity contribution in [3.8, 4) is 34.9 Å². The smallest absolute Gasteiger partial charge is 0.286 e. The van der Waals surface area contributed by atoms with E-state index in [2.05, 4.69) is 28.4 Å². The summed E-state index contributed by atoms with van der Waals surface area (Å²) in [5.74, 6) is 5.63. The maximum atomic E-state index is 13.3. The fourth-order valence-corrected chi connectivity index (χ4v) is 4.59. The fraction of sp³-hybridized carbons (Fsp3) is 0.296. The predicted octanol–water partition coefficient (Wildman–Crippen LogP) is 5.12. The van der Waals surface area contributed by atoms with E-state index >= 15 is 0 Å². The molecule has 1 aliphatic rings. The van der Waals surface area contributed by atoms with Crippen LogP contribution in [0.5, 0.6) is 0 Å². The molecule has 2 heterocycles. The summed E-state index contributed by atoms with van der Waals surface area (Å²) in [6.07, 6.45) is 4.05. The minimum absolute atomic E-state index is 0.129. The molecule has 1 saturated heterocycles. The van der Waals surface area contributed by atoms with Gasteiger partial charge in [0.15, 0.2) is 5.69 Å². The van der Waals surface area contributed by atoms with Crippen LogP contribution in [0.2, 0.25) is 10.0 Å². The third-order valence-corrected chi connectivity index (χ3v) is 6.40. The molecule has 2 N–H and O–H groups in total. The van der Waals surface area contributed by atoms with Crippen molar-refractivity contribution < 1.29 is 9.90 Å². The number of hydrogen-bond donors (Lipinski definition) is 2. The van der Waals surface area contributed by atoms with Crippen LogP contribution >= 0.6 is 23.2 Å². The van der Waals surface area contributed by atoms with Gasteiger partial charge in [-0.1, -0.05) is 53.6 Å². The zero-order valence-corrected chi connectivity index (χ0v) is 21.1. The summed E-state index contributed by atoms with van der Waals surface area (Å²) in [7, 11) is 0. The van der Waals surface area contributed by atoms with Gasteiger partial charge in [0.05, 0.1) is 29.1 Å². The number of amides is 1. The molecule has 7 nitrogen and oxygen atoms in total. The van der Waals surface area contributed by atoms with Crippen LogP contribution in [0.15, 0.2) is 42.5 Å². The number of carbonyl (C=O) groups is 1. The monoisotopic (exact) mass is 521 g/mol. The molecule has 0 radical (unpaired) electrons. The molecule has 1 aliphatic heterocycles. The molecule has 1 amide bonds. The summed E-state index contributed by atoms with van der Waals surface area (Å²) in [5.41, 5.74) is 6.06. The molecular formula is C27H25Cl2N5O2. The van der Waals surface area contributed by atoms with Crippen molar-refractivity contribution in [1.82, 2.24) is 20.2 Å². The van der Waals surface area contributed by atoms with Gasteiger partial charge in [0, 0.05) is 47.6 Å². The normalized spacial score (nSPS) is 13.5. The number of aliphatic hydroxyl groups excluding tert-OH is 1. The molecule has 0 aliphatic carbocycles. The number of nitriles is 1. The van der Waals surface area contributed by atoms with Crippen LogP contribution in [-0.4, -0.2) is 38.9 Å². The number of nitrogens with one attached hydrogen (secondary N) is 1. The molecule has 3 aromatic rings. The largest absolute Gasteiger partial charge is 0.392 e. The molecule has 4 rings (SSSR count). The topological polar surface area (TPSA) is 94.2 Å². The summed E-state index contributed by atoms with van der Waals surface area (Å²) in [5, 5.41) is 26.4. The van der Waals surface area contributed by atoms with E-state index in [4.69, 9.17) is 28.5 Å². The third kappa shape index (κ3) is 5.90. The first-order valence-corrected chi connectivity index (χ1v) is 12.5. The van der Waals surface area contributed by atoms with E-state index in [1.165, 1.54) is 0 Å². The second-order valence-corrected chi connectivity index (χ2v) is 9.21. The van der Waals surface area contributed by atoms with Crippen molar-refractivity contribution >= 4 is 29.1 Å². The van der Waals surface area contributed by atoms with Gasteiger partial charge in [0.25, 0.3) is 5.91 Å². The van der Waals surface area contributed by atoms with Crippen molar-refractivity contribution in [2.24, 2.45) is 0 Å². The summed E-state index contributed by atoms with van der Waals surface area (Å²) in [6.45, 7) is 1.15. The maximum absolute atomic E-state index is 13.3. The average Bonchev–Trinajstić information content (AvgIpc) is 3.27. The second kappa shape index (κ2) is 12.1. The molecule has 0 atom stereocenters. The van der Waals surface area contributed by atoms with Gasteiger partial charge < -0.3 is 5.11 Å². The van der Waals surface area contributed by atoms with E-state index in [0.29, 0.717) is 39.8 Å². The number of halogens is 2. The second-order valence-electron chi connectivity index (χ2n) is 8.37. The Morgan fingerprint density at radius 2 is 1.83 bits per heavy atom. The van der Waals surface area contributed by atoms with E-state index in [1.807, 2.05) is 29.3 Å². The Hall–Kier alpha value is -3.33. The lowest BCUT2D eigenvalue weighted by Crippen LogP contribution is -2.45. The van der Waals surface area contributed by atoms with E-state index in [9.17, 15) is 9.90 Å². The van der Waals surface area contributed by atoms with Crippen LogP contribution in [0.4, 0.5) is 0 Å². The standard InChI is InChI=1S/C27H25Cl2N5O2/c28-21-12-13-24(23(29)17-21)34-26(20-10-8-19(9-11-20)7-3-1-4-14-30)22(18-35)25(31-34)27(36)32-33-15-5-2-6-16-33/h8-13,17,35H,1-2,4-6,15-16,18H2,(H,32,36). The predicted molar refractivity (Wildman–Crippen MR) is 140 cm³/mol. The molecule has 0 bridgehead atoms. The van der Waals surface area contributed by atoms with Gasteiger partial charge in [-0.15, -0.1) is 0 Å². The molecule has 2 aromatic carbocycles. The number of piperidine rings is 1. The molecule has 1 aromatic heterocycles. The lowest BCUT2D eigenvalue weighted by Gasteiger charge is -2.26. The Kier molecular flexibility index (Phi) is 8.64. The molecule has 0 spiro atoms. The van der Waals surface area contributed by atoms with Gasteiger partial charge >= 0.3 is 0 Å². The number of carbonyl (C=O) groups excluding carboxylic acids is 1. The van der Waals surface area contributed by atoms with Crippen molar-refractivity contribution in [3.05, 3.63) is 69.3 Å². The molecule has 0 unspecified atom stereocenters. The minimum atomic E-state index is -0.390. The Balaban J connectivity index is 1.77. The van der Waals surface area contributed by atoms with Crippen LogP contribution in [-0.2, 0) is 6.61 Å². The van der Waals surface area contributed by atoms with Gasteiger partial charge in [-0.25, -0.2) is 9.69 Å². The summed E-state index contributed by atoms with van der Waals surface area (Å²) < 4.78 is 1.57. The SMILES string of the molecule is N#CCCC#Cc1ccc(-c2c(CO)c(C(=O)NN3CCCCC3)nn2-c2ccc(Cl)cc2Cl)cc1. The average molecular weight is 522 g/mol.